The van der Waals surface area contributed by atoms with Crippen LogP contribution >= 0.6 is 0 Å². The van der Waals surface area contributed by atoms with E-state index in [2.05, 4.69) is 6.07 Å². The Hall–Kier alpha value is -0.550. The van der Waals surface area contributed by atoms with E-state index in [9.17, 15) is 5.26 Å². The number of nitrogens with zero attached hydrogens (tertiary/aromatic N) is 1. The molecule has 0 radical (unpaired) electrons. The summed E-state index contributed by atoms with van der Waals surface area (Å²) in [5.41, 5.74) is -0.185. The molecule has 18 heavy (non-hydrogen) atoms. The van der Waals surface area contributed by atoms with Gasteiger partial charge in [0.25, 0.3) is 0 Å². The molecule has 2 nitrogen and oxygen atoms in total. The summed E-state index contributed by atoms with van der Waals surface area (Å²) in [5.74, 6) is 1.17. The van der Waals surface area contributed by atoms with Gasteiger partial charge in [0.1, 0.15) is 0 Å². The summed E-state index contributed by atoms with van der Waals surface area (Å²) >= 11 is 0. The first-order valence-corrected chi connectivity index (χ1v) is 7.73. The standard InChI is InChI=1S/C16H27NO/c1-18-13-16(12-17,14-8-4-2-5-9-14)15-10-6-3-7-11-15/h14-15H,2-11,13H2,1H3. The third kappa shape index (κ3) is 2.72. The van der Waals surface area contributed by atoms with Crippen LogP contribution in [0.4, 0.5) is 0 Å². The zero-order valence-electron chi connectivity index (χ0n) is 11.8. The Bertz CT molecular complexity index is 264. The van der Waals surface area contributed by atoms with E-state index in [0.29, 0.717) is 18.4 Å². The van der Waals surface area contributed by atoms with Gasteiger partial charge in [-0.05, 0) is 37.5 Å². The molecular formula is C16H27NO. The molecule has 2 aliphatic carbocycles. The number of nitriles is 1. The molecule has 0 aliphatic heterocycles. The molecule has 2 aliphatic rings. The zero-order valence-corrected chi connectivity index (χ0v) is 11.8. The van der Waals surface area contributed by atoms with E-state index in [0.717, 1.165) is 0 Å². The largest absolute Gasteiger partial charge is 0.383 e. The minimum atomic E-state index is -0.185. The van der Waals surface area contributed by atoms with Crippen LogP contribution in [0.15, 0.2) is 0 Å². The van der Waals surface area contributed by atoms with Crippen LogP contribution in [-0.4, -0.2) is 13.7 Å². The van der Waals surface area contributed by atoms with E-state index in [-0.39, 0.29) is 5.41 Å². The number of methoxy groups -OCH3 is 1. The molecule has 2 rings (SSSR count). The highest BCUT2D eigenvalue weighted by atomic mass is 16.5. The van der Waals surface area contributed by atoms with Crippen molar-refractivity contribution in [1.29, 1.82) is 5.26 Å². The Morgan fingerprint density at radius 1 is 0.944 bits per heavy atom. The molecule has 0 bridgehead atoms. The first-order valence-electron chi connectivity index (χ1n) is 7.73. The van der Waals surface area contributed by atoms with E-state index in [1.807, 2.05) is 0 Å². The molecule has 0 saturated heterocycles. The maximum atomic E-state index is 9.88. The smallest absolute Gasteiger partial charge is 0.0862 e. The summed E-state index contributed by atoms with van der Waals surface area (Å²) in [6, 6.07) is 2.73. The predicted octanol–water partition coefficient (Wildman–Crippen LogP) is 4.30. The summed E-state index contributed by atoms with van der Waals surface area (Å²) < 4.78 is 5.48. The van der Waals surface area contributed by atoms with Gasteiger partial charge in [-0.25, -0.2) is 0 Å². The van der Waals surface area contributed by atoms with Gasteiger partial charge in [0.15, 0.2) is 0 Å². The minimum absolute atomic E-state index is 0.185. The average Bonchev–Trinajstić information content (AvgIpc) is 2.47. The minimum Gasteiger partial charge on any atom is -0.383 e. The zero-order chi connectivity index (χ0) is 12.8. The van der Waals surface area contributed by atoms with E-state index in [1.165, 1.54) is 64.2 Å². The Kier molecular flexibility index (Phi) is 5.06. The van der Waals surface area contributed by atoms with Crippen molar-refractivity contribution in [2.24, 2.45) is 17.3 Å². The first-order chi connectivity index (χ1) is 8.83. The summed E-state index contributed by atoms with van der Waals surface area (Å²) in [6.45, 7) is 0.652. The summed E-state index contributed by atoms with van der Waals surface area (Å²) in [6.07, 6.45) is 12.9. The maximum Gasteiger partial charge on any atom is 0.0862 e. The lowest BCUT2D eigenvalue weighted by Gasteiger charge is -2.44. The summed E-state index contributed by atoms with van der Waals surface area (Å²) in [7, 11) is 1.76. The number of hydrogen-bond acceptors (Lipinski definition) is 2. The fraction of sp³-hybridized carbons (Fsp3) is 0.938. The Morgan fingerprint density at radius 2 is 1.39 bits per heavy atom. The Labute approximate surface area is 112 Å². The van der Waals surface area contributed by atoms with Crippen LogP contribution in [0.25, 0.3) is 0 Å². The second-order valence-electron chi connectivity index (χ2n) is 6.26. The summed E-state index contributed by atoms with van der Waals surface area (Å²) in [4.78, 5) is 0. The summed E-state index contributed by atoms with van der Waals surface area (Å²) in [5, 5.41) is 9.88. The molecule has 0 aromatic carbocycles. The van der Waals surface area contributed by atoms with Crippen molar-refractivity contribution in [3.63, 3.8) is 0 Å². The van der Waals surface area contributed by atoms with Crippen molar-refractivity contribution in [2.75, 3.05) is 13.7 Å². The van der Waals surface area contributed by atoms with Gasteiger partial charge in [-0.3, -0.25) is 0 Å². The third-order valence-corrected chi connectivity index (χ3v) is 5.26. The average molecular weight is 249 g/mol. The van der Waals surface area contributed by atoms with Gasteiger partial charge in [0.2, 0.25) is 0 Å². The molecule has 0 amide bonds. The molecule has 0 heterocycles. The number of ether oxygens (including phenoxy) is 1. The topological polar surface area (TPSA) is 33.0 Å². The molecule has 0 N–H and O–H groups in total. The highest BCUT2D eigenvalue weighted by Crippen LogP contribution is 2.48. The van der Waals surface area contributed by atoms with E-state index in [1.54, 1.807) is 7.11 Å². The van der Waals surface area contributed by atoms with Gasteiger partial charge in [-0.15, -0.1) is 0 Å². The fourth-order valence-electron chi connectivity index (χ4n) is 4.26. The van der Waals surface area contributed by atoms with Crippen LogP contribution < -0.4 is 0 Å². The van der Waals surface area contributed by atoms with Gasteiger partial charge < -0.3 is 4.74 Å². The Morgan fingerprint density at radius 3 is 1.72 bits per heavy atom. The SMILES string of the molecule is COCC(C#N)(C1CCCCC1)C1CCCCC1. The number of rotatable bonds is 4. The van der Waals surface area contributed by atoms with Crippen molar-refractivity contribution >= 4 is 0 Å². The van der Waals surface area contributed by atoms with Crippen LogP contribution in [0.2, 0.25) is 0 Å². The molecule has 2 fully saturated rings. The second-order valence-corrected chi connectivity index (χ2v) is 6.26. The van der Waals surface area contributed by atoms with Gasteiger partial charge in [0.05, 0.1) is 18.1 Å². The van der Waals surface area contributed by atoms with Crippen molar-refractivity contribution in [1.82, 2.24) is 0 Å². The quantitative estimate of drug-likeness (QED) is 0.744. The van der Waals surface area contributed by atoms with Crippen molar-refractivity contribution in [3.05, 3.63) is 0 Å². The predicted molar refractivity (Wildman–Crippen MR) is 73.1 cm³/mol. The highest BCUT2D eigenvalue weighted by Gasteiger charge is 2.46. The van der Waals surface area contributed by atoms with Crippen molar-refractivity contribution in [2.45, 2.75) is 64.2 Å². The van der Waals surface area contributed by atoms with Crippen molar-refractivity contribution in [3.8, 4) is 6.07 Å². The molecule has 0 atom stereocenters. The maximum absolute atomic E-state index is 9.88. The fourth-order valence-corrected chi connectivity index (χ4v) is 4.26. The Balaban J connectivity index is 2.16. The van der Waals surface area contributed by atoms with Crippen LogP contribution in [0.1, 0.15) is 64.2 Å². The molecule has 0 aromatic rings. The molecule has 102 valence electrons. The highest BCUT2D eigenvalue weighted by molar-refractivity contribution is 5.08. The van der Waals surface area contributed by atoms with E-state index in [4.69, 9.17) is 4.74 Å². The van der Waals surface area contributed by atoms with E-state index >= 15 is 0 Å². The molecule has 0 spiro atoms. The molecule has 0 unspecified atom stereocenters. The van der Waals surface area contributed by atoms with Gasteiger partial charge in [0, 0.05) is 7.11 Å². The molecule has 2 heteroatoms. The van der Waals surface area contributed by atoms with Crippen LogP contribution in [0, 0.1) is 28.6 Å². The van der Waals surface area contributed by atoms with Crippen LogP contribution in [-0.2, 0) is 4.74 Å². The van der Waals surface area contributed by atoms with Crippen LogP contribution in [0.3, 0.4) is 0 Å². The molecule has 0 aromatic heterocycles. The monoisotopic (exact) mass is 249 g/mol. The van der Waals surface area contributed by atoms with Gasteiger partial charge in [-0.1, -0.05) is 38.5 Å². The molecular weight excluding hydrogens is 222 g/mol. The van der Waals surface area contributed by atoms with E-state index < -0.39 is 0 Å². The molecule has 2 saturated carbocycles. The van der Waals surface area contributed by atoms with Gasteiger partial charge in [-0.2, -0.15) is 5.26 Å². The lowest BCUT2D eigenvalue weighted by Crippen LogP contribution is -2.42. The normalized spacial score (nSPS) is 23.8. The lowest BCUT2D eigenvalue weighted by molar-refractivity contribution is -0.000616. The number of hydrogen-bond donors (Lipinski definition) is 0. The first kappa shape index (κ1) is 13.9. The second kappa shape index (κ2) is 6.57. The lowest BCUT2D eigenvalue weighted by atomic mass is 9.60. The van der Waals surface area contributed by atoms with Crippen molar-refractivity contribution < 1.29 is 4.74 Å². The van der Waals surface area contributed by atoms with Crippen LogP contribution in [0.5, 0.6) is 0 Å². The third-order valence-electron chi connectivity index (χ3n) is 5.26. The van der Waals surface area contributed by atoms with Gasteiger partial charge >= 0.3 is 0 Å².